The Morgan fingerprint density at radius 1 is 1.24 bits per heavy atom. The van der Waals surface area contributed by atoms with Crippen molar-refractivity contribution in [1.29, 1.82) is 0 Å². The second kappa shape index (κ2) is 12.1. The van der Waals surface area contributed by atoms with Gasteiger partial charge in [0.2, 0.25) is 15.9 Å². The van der Waals surface area contributed by atoms with E-state index in [1.54, 1.807) is 26.0 Å². The van der Waals surface area contributed by atoms with Crippen molar-refractivity contribution in [3.05, 3.63) is 18.2 Å². The Bertz CT molecular complexity index is 761. The SMILES string of the molecule is CCOc1ccc(NC(=O)CCCCC2CCSS2)cc1S(=O)(=O)N(CC)CC. The zero-order valence-electron chi connectivity index (χ0n) is 17.5. The van der Waals surface area contributed by atoms with Crippen LogP contribution >= 0.6 is 21.6 Å². The number of rotatable bonds is 12. The van der Waals surface area contributed by atoms with Gasteiger partial charge in [-0.25, -0.2) is 8.42 Å². The third-order valence-electron chi connectivity index (χ3n) is 4.76. The number of hydrogen-bond acceptors (Lipinski definition) is 6. The number of benzene rings is 1. The Hall–Kier alpha value is -0.900. The van der Waals surface area contributed by atoms with Gasteiger partial charge in [-0.15, -0.1) is 0 Å². The van der Waals surface area contributed by atoms with Crippen LogP contribution in [0.5, 0.6) is 5.75 Å². The van der Waals surface area contributed by atoms with Crippen molar-refractivity contribution in [3.8, 4) is 5.75 Å². The Labute approximate surface area is 183 Å². The molecule has 164 valence electrons. The predicted octanol–water partition coefficient (Wildman–Crippen LogP) is 4.77. The number of nitrogens with one attached hydrogen (secondary N) is 1. The van der Waals surface area contributed by atoms with Crippen molar-refractivity contribution in [2.45, 2.75) is 63.0 Å². The van der Waals surface area contributed by atoms with Gasteiger partial charge >= 0.3 is 0 Å². The van der Waals surface area contributed by atoms with Crippen LogP contribution in [-0.4, -0.2) is 49.3 Å². The molecule has 2 rings (SSSR count). The number of unbranched alkanes of at least 4 members (excludes halogenated alkanes) is 1. The van der Waals surface area contributed by atoms with E-state index in [9.17, 15) is 13.2 Å². The molecule has 0 saturated carbocycles. The van der Waals surface area contributed by atoms with E-state index in [2.05, 4.69) is 5.32 Å². The van der Waals surface area contributed by atoms with Crippen molar-refractivity contribution in [2.24, 2.45) is 0 Å². The number of ether oxygens (including phenoxy) is 1. The standard InChI is InChI=1S/C20H32N2O4S3/c1-4-22(5-2)29(24,25)19-15-16(11-12-18(19)26-6-3)21-20(23)10-8-7-9-17-13-14-27-28-17/h11-12,15,17H,4-10,13-14H2,1-3H3,(H,21,23). The van der Waals surface area contributed by atoms with E-state index in [0.717, 1.165) is 24.5 Å². The highest BCUT2D eigenvalue weighted by molar-refractivity contribution is 8.77. The highest BCUT2D eigenvalue weighted by Crippen LogP contribution is 2.40. The maximum absolute atomic E-state index is 13.0. The molecule has 1 heterocycles. The molecule has 1 fully saturated rings. The molecule has 1 atom stereocenters. The summed E-state index contributed by atoms with van der Waals surface area (Å²) in [6.45, 7) is 6.53. The number of amides is 1. The largest absolute Gasteiger partial charge is 0.492 e. The molecule has 1 unspecified atom stereocenters. The summed E-state index contributed by atoms with van der Waals surface area (Å²) in [5, 5.41) is 3.56. The smallest absolute Gasteiger partial charge is 0.246 e. The van der Waals surface area contributed by atoms with E-state index in [4.69, 9.17) is 4.74 Å². The van der Waals surface area contributed by atoms with Gasteiger partial charge in [-0.05, 0) is 44.4 Å². The Morgan fingerprint density at radius 3 is 2.62 bits per heavy atom. The highest BCUT2D eigenvalue weighted by atomic mass is 33.1. The van der Waals surface area contributed by atoms with Gasteiger partial charge in [-0.2, -0.15) is 4.31 Å². The van der Waals surface area contributed by atoms with Gasteiger partial charge in [0.25, 0.3) is 0 Å². The number of sulfonamides is 1. The van der Waals surface area contributed by atoms with Crippen molar-refractivity contribution in [1.82, 2.24) is 4.31 Å². The summed E-state index contributed by atoms with van der Waals surface area (Å²) in [7, 11) is 0.208. The fourth-order valence-corrected chi connectivity index (χ4v) is 7.85. The fraction of sp³-hybridized carbons (Fsp3) is 0.650. The highest BCUT2D eigenvalue weighted by Gasteiger charge is 2.26. The molecular formula is C20H32N2O4S3. The van der Waals surface area contributed by atoms with Crippen LogP contribution in [0, 0.1) is 0 Å². The van der Waals surface area contributed by atoms with Gasteiger partial charge in [0.05, 0.1) is 6.61 Å². The van der Waals surface area contributed by atoms with Gasteiger partial charge in [0.15, 0.2) is 0 Å². The van der Waals surface area contributed by atoms with E-state index in [1.807, 2.05) is 28.5 Å². The zero-order valence-corrected chi connectivity index (χ0v) is 19.9. The van der Waals surface area contributed by atoms with Gasteiger partial charge in [-0.3, -0.25) is 4.79 Å². The number of nitrogens with zero attached hydrogens (tertiary/aromatic N) is 1. The molecule has 1 aromatic rings. The summed E-state index contributed by atoms with van der Waals surface area (Å²) < 4.78 is 32.9. The maximum atomic E-state index is 13.0. The van der Waals surface area contributed by atoms with Crippen LogP contribution in [0.15, 0.2) is 23.1 Å². The van der Waals surface area contributed by atoms with E-state index in [-0.39, 0.29) is 10.8 Å². The average Bonchev–Trinajstić information content (AvgIpc) is 3.21. The number of carbonyl (C=O) groups excluding carboxylic acids is 1. The summed E-state index contributed by atoms with van der Waals surface area (Å²) in [5.74, 6) is 1.45. The quantitative estimate of drug-likeness (QED) is 0.358. The molecule has 6 nitrogen and oxygen atoms in total. The first kappa shape index (κ1) is 24.4. The summed E-state index contributed by atoms with van der Waals surface area (Å²) in [5.41, 5.74) is 0.479. The normalized spacial score (nSPS) is 16.9. The van der Waals surface area contributed by atoms with Crippen LogP contribution in [0.25, 0.3) is 0 Å². The molecule has 1 N–H and O–H groups in total. The van der Waals surface area contributed by atoms with Crippen molar-refractivity contribution >= 4 is 43.2 Å². The first-order valence-corrected chi connectivity index (χ1v) is 14.1. The lowest BCUT2D eigenvalue weighted by atomic mass is 10.1. The molecule has 1 saturated heterocycles. The molecule has 0 spiro atoms. The number of anilines is 1. The summed E-state index contributed by atoms with van der Waals surface area (Å²) >= 11 is 0. The molecule has 1 aromatic carbocycles. The van der Waals surface area contributed by atoms with Crippen LogP contribution in [0.2, 0.25) is 0 Å². The van der Waals surface area contributed by atoms with E-state index in [1.165, 1.54) is 22.5 Å². The van der Waals surface area contributed by atoms with E-state index < -0.39 is 10.0 Å². The Kier molecular flexibility index (Phi) is 10.1. The van der Waals surface area contributed by atoms with Gasteiger partial charge < -0.3 is 10.1 Å². The first-order chi connectivity index (χ1) is 13.9. The van der Waals surface area contributed by atoms with E-state index >= 15 is 0 Å². The van der Waals surface area contributed by atoms with Crippen LogP contribution in [0.4, 0.5) is 5.69 Å². The maximum Gasteiger partial charge on any atom is 0.246 e. The van der Waals surface area contributed by atoms with Crippen molar-refractivity contribution < 1.29 is 17.9 Å². The molecule has 0 aromatic heterocycles. The predicted molar refractivity (Wildman–Crippen MR) is 123 cm³/mol. The molecule has 1 aliphatic rings. The number of hydrogen-bond donors (Lipinski definition) is 1. The lowest BCUT2D eigenvalue weighted by Gasteiger charge is -2.21. The van der Waals surface area contributed by atoms with Crippen LogP contribution < -0.4 is 10.1 Å². The van der Waals surface area contributed by atoms with E-state index in [0.29, 0.717) is 37.6 Å². The first-order valence-electron chi connectivity index (χ1n) is 10.3. The third-order valence-corrected chi connectivity index (χ3v) is 9.84. The minimum absolute atomic E-state index is 0.0891. The minimum Gasteiger partial charge on any atom is -0.492 e. The Balaban J connectivity index is 2.02. The van der Waals surface area contributed by atoms with Gasteiger partial charge in [0, 0.05) is 36.2 Å². The fourth-order valence-electron chi connectivity index (χ4n) is 3.21. The molecule has 1 amide bonds. The second-order valence-electron chi connectivity index (χ2n) is 6.81. The third kappa shape index (κ3) is 7.08. The molecule has 0 bridgehead atoms. The topological polar surface area (TPSA) is 75.7 Å². The summed E-state index contributed by atoms with van der Waals surface area (Å²) in [6.07, 6.45) is 4.74. The van der Waals surface area contributed by atoms with Crippen LogP contribution in [0.3, 0.4) is 0 Å². The zero-order chi connectivity index (χ0) is 21.3. The van der Waals surface area contributed by atoms with Gasteiger partial charge in [0.1, 0.15) is 10.6 Å². The lowest BCUT2D eigenvalue weighted by molar-refractivity contribution is -0.116. The minimum atomic E-state index is -3.69. The molecule has 9 heteroatoms. The Morgan fingerprint density at radius 2 is 2.00 bits per heavy atom. The summed E-state index contributed by atoms with van der Waals surface area (Å²) in [4.78, 5) is 12.4. The van der Waals surface area contributed by atoms with Crippen LogP contribution in [-0.2, 0) is 14.8 Å². The van der Waals surface area contributed by atoms with Gasteiger partial charge in [-0.1, -0.05) is 41.9 Å². The average molecular weight is 461 g/mol. The molecule has 0 radical (unpaired) electrons. The summed E-state index contributed by atoms with van der Waals surface area (Å²) in [6, 6.07) is 4.81. The molecule has 0 aliphatic carbocycles. The molecular weight excluding hydrogens is 428 g/mol. The molecule has 1 aliphatic heterocycles. The van der Waals surface area contributed by atoms with Crippen LogP contribution in [0.1, 0.15) is 52.9 Å². The lowest BCUT2D eigenvalue weighted by Crippen LogP contribution is -2.31. The van der Waals surface area contributed by atoms with Crippen molar-refractivity contribution in [3.63, 3.8) is 0 Å². The second-order valence-corrected chi connectivity index (χ2v) is 11.5. The number of carbonyl (C=O) groups is 1. The monoisotopic (exact) mass is 460 g/mol. The molecule has 29 heavy (non-hydrogen) atoms. The van der Waals surface area contributed by atoms with Crippen molar-refractivity contribution in [2.75, 3.05) is 30.8 Å².